The van der Waals surface area contributed by atoms with E-state index >= 15 is 0 Å². The molecule has 12 rings (SSSR count). The standard InChI is InChI=1S/C31H40ClN7O5S.C26H32ClN7O3S.C2HF3O2/c1-19-16-39-26(34-27(19)37-17-25(31(18-37)11-12-31)33-29(41)44-30(2,3)4)15-23(35-39)24-8-6-7-13-38(24)28(40)21-14-20(32)9-10-22(21)36-45(5,42)43;1-16-13-34-23(29-24(16)32-14-22(28)26(15-32)8-9-26)12-20(30-34)21-5-3-4-10-33(21)25(35)18-11-17(27)6-7-19(18)31-38(2,36)37;3-2(4,5)1(6)7/h9-10,14-16,24-25,36H,6-8,11-13,17-18H2,1-5H3,(H,33,41);6-7,11-13,21-22,31H,3-5,8-10,14-15,28H2,1-2H3;(H,6,7)/t24-,25+;21-,22+;/m00./s1. The topological polar surface area (TPSA) is 301 Å². The number of carboxylic acids is 1. The van der Waals surface area contributed by atoms with Crippen molar-refractivity contribution in [2.75, 3.05) is 71.0 Å². The molecule has 24 nitrogen and oxygen atoms in total. The van der Waals surface area contributed by atoms with Gasteiger partial charge in [-0.2, -0.15) is 23.4 Å². The molecule has 4 atom stereocenters. The Bertz CT molecular complexity index is 4030. The predicted molar refractivity (Wildman–Crippen MR) is 333 cm³/mol. The molecule has 2 spiro atoms. The van der Waals surface area contributed by atoms with Crippen molar-refractivity contribution in [2.45, 2.75) is 135 Å². The van der Waals surface area contributed by atoms with Crippen LogP contribution < -0.4 is 30.3 Å². The number of carbonyl (C=O) groups is 4. The first-order chi connectivity index (χ1) is 42.1. The van der Waals surface area contributed by atoms with Gasteiger partial charge in [0.2, 0.25) is 20.0 Å². The summed E-state index contributed by atoms with van der Waals surface area (Å²) >= 11 is 12.4. The number of aromatic nitrogens is 6. The van der Waals surface area contributed by atoms with Crippen molar-refractivity contribution in [1.82, 2.24) is 44.3 Å². The van der Waals surface area contributed by atoms with Crippen LogP contribution in [0.15, 0.2) is 60.9 Å². The second-order valence-electron chi connectivity index (χ2n) is 25.5. The molecule has 8 heterocycles. The predicted octanol–water partition coefficient (Wildman–Crippen LogP) is 8.91. The molecule has 0 bridgehead atoms. The smallest absolute Gasteiger partial charge is 0.475 e. The summed E-state index contributed by atoms with van der Waals surface area (Å²) in [5.74, 6) is -1.57. The molecule has 6 aliphatic rings. The highest BCUT2D eigenvalue weighted by atomic mass is 35.5. The number of likely N-dealkylation sites (tertiary alicyclic amines) is 2. The minimum Gasteiger partial charge on any atom is -0.475 e. The number of alkyl halides is 3. The molecule has 4 aliphatic heterocycles. The van der Waals surface area contributed by atoms with Gasteiger partial charge in [0, 0.05) is 102 Å². The summed E-state index contributed by atoms with van der Waals surface area (Å²) in [5, 5.41) is 20.6. The van der Waals surface area contributed by atoms with E-state index in [0.29, 0.717) is 41.7 Å². The average molecular weight is 1330 g/mol. The zero-order valence-corrected chi connectivity index (χ0v) is 53.9. The number of ether oxygens (including phenoxy) is 1. The fraction of sp³-hybridized carbons (Fsp3) is 0.525. The molecule has 3 amide bonds. The van der Waals surface area contributed by atoms with E-state index < -0.39 is 43.9 Å². The van der Waals surface area contributed by atoms with Gasteiger partial charge in [-0.05, 0) is 135 Å². The van der Waals surface area contributed by atoms with Crippen LogP contribution in [0.2, 0.25) is 10.0 Å². The van der Waals surface area contributed by atoms with E-state index in [-0.39, 0.29) is 69.3 Å². The van der Waals surface area contributed by atoms with Crippen LogP contribution in [0, 0.1) is 24.7 Å². The summed E-state index contributed by atoms with van der Waals surface area (Å²) in [7, 11) is -7.20. The van der Waals surface area contributed by atoms with Crippen LogP contribution in [-0.2, 0) is 29.6 Å². The molecule has 4 saturated heterocycles. The van der Waals surface area contributed by atoms with Crippen molar-refractivity contribution in [3.63, 3.8) is 0 Å². The normalized spacial score (nSPS) is 21.2. The van der Waals surface area contributed by atoms with Crippen LogP contribution >= 0.6 is 23.2 Å². The van der Waals surface area contributed by atoms with Crippen molar-refractivity contribution in [2.24, 2.45) is 16.6 Å². The number of aliphatic carboxylic acids is 1. The van der Waals surface area contributed by atoms with Crippen molar-refractivity contribution < 1.29 is 59.0 Å². The monoisotopic (exact) mass is 1330 g/mol. The first kappa shape index (κ1) is 65.7. The van der Waals surface area contributed by atoms with Crippen LogP contribution in [-0.4, -0.2) is 160 Å². The minimum atomic E-state index is -5.08. The largest absolute Gasteiger partial charge is 0.490 e. The van der Waals surface area contributed by atoms with E-state index in [0.717, 1.165) is 117 Å². The van der Waals surface area contributed by atoms with E-state index in [9.17, 15) is 44.4 Å². The Morgan fingerprint density at radius 1 is 0.678 bits per heavy atom. The van der Waals surface area contributed by atoms with Gasteiger partial charge in [-0.15, -0.1) is 0 Å². The number of hydrogen-bond acceptors (Lipinski definition) is 16. The van der Waals surface area contributed by atoms with Gasteiger partial charge in [0.1, 0.15) is 17.2 Å². The number of carbonyl (C=O) groups excluding carboxylic acids is 3. The second-order valence-corrected chi connectivity index (χ2v) is 29.9. The van der Waals surface area contributed by atoms with Crippen molar-refractivity contribution in [3.8, 4) is 0 Å². The first-order valence-corrected chi connectivity index (χ1v) is 34.1. The summed E-state index contributed by atoms with van der Waals surface area (Å²) in [6.45, 7) is 13.8. The molecule has 31 heteroatoms. The third-order valence-corrected chi connectivity index (χ3v) is 18.8. The number of alkyl carbamates (subject to hydrolysis) is 1. The Hall–Kier alpha value is -7.21. The molecule has 486 valence electrons. The van der Waals surface area contributed by atoms with E-state index in [4.69, 9.17) is 63.7 Å². The number of carboxylic acid groups (broad SMARTS) is 1. The summed E-state index contributed by atoms with van der Waals surface area (Å²) in [4.78, 5) is 67.3. The number of benzene rings is 2. The maximum Gasteiger partial charge on any atom is 0.490 e. The lowest BCUT2D eigenvalue weighted by molar-refractivity contribution is -0.192. The van der Waals surface area contributed by atoms with Gasteiger partial charge in [-0.1, -0.05) is 23.2 Å². The first-order valence-electron chi connectivity index (χ1n) is 29.5. The van der Waals surface area contributed by atoms with Gasteiger partial charge in [0.25, 0.3) is 11.8 Å². The Morgan fingerprint density at radius 2 is 1.10 bits per heavy atom. The Balaban J connectivity index is 0.000000181. The number of amides is 3. The number of sulfonamides is 2. The molecule has 2 aromatic carbocycles. The number of nitrogens with two attached hydrogens (primary N) is 1. The summed E-state index contributed by atoms with van der Waals surface area (Å²) in [6, 6.07) is 12.6. The quantitative estimate of drug-likeness (QED) is 0.0808. The summed E-state index contributed by atoms with van der Waals surface area (Å²) in [6.07, 6.45) is 10.0. The SMILES string of the molecule is Cc1cn2nc([C@@H]3CCCCN3C(=O)c3cc(Cl)ccc3NS(C)(=O)=O)cc2nc1N1C[C@@H](N)C2(CC2)C1.Cc1cn2nc([C@@H]3CCCCN3C(=O)c3cc(Cl)ccc3NS(C)(=O)=O)cc2nc1N1C[C@@H](NC(=O)OC(C)(C)C)C2(CC2)C1.O=C(O)C(F)(F)F. The van der Waals surface area contributed by atoms with E-state index in [1.807, 2.05) is 59.1 Å². The van der Waals surface area contributed by atoms with Crippen molar-refractivity contribution in [3.05, 3.63) is 105 Å². The number of fused-ring (bicyclic) bond motifs is 2. The van der Waals surface area contributed by atoms with Crippen molar-refractivity contribution >= 4 is 101 Å². The molecule has 4 aromatic heterocycles. The molecule has 2 aliphatic carbocycles. The minimum absolute atomic E-state index is 0.0245. The molecule has 2 saturated carbocycles. The van der Waals surface area contributed by atoms with Gasteiger partial charge in [-0.25, -0.2) is 45.4 Å². The highest BCUT2D eigenvalue weighted by molar-refractivity contribution is 7.92. The molecule has 0 radical (unpaired) electrons. The summed E-state index contributed by atoms with van der Waals surface area (Å²) in [5.41, 5.74) is 11.8. The molecule has 0 unspecified atom stereocenters. The molecule has 6 N–H and O–H groups in total. The number of nitrogens with zero attached hydrogens (tertiary/aromatic N) is 10. The number of hydrogen-bond donors (Lipinski definition) is 5. The maximum absolute atomic E-state index is 13.9. The highest BCUT2D eigenvalue weighted by Gasteiger charge is 2.57. The zero-order valence-electron chi connectivity index (χ0n) is 50.8. The molecular weight excluding hydrogens is 1260 g/mol. The maximum atomic E-state index is 13.9. The van der Waals surface area contributed by atoms with Crippen LogP contribution in [0.4, 0.5) is 41.0 Å². The third kappa shape index (κ3) is 14.9. The Morgan fingerprint density at radius 3 is 1.49 bits per heavy atom. The van der Waals surface area contributed by atoms with E-state index in [1.54, 1.807) is 31.0 Å². The van der Waals surface area contributed by atoms with Gasteiger partial charge in [-0.3, -0.25) is 19.0 Å². The molecule has 6 aromatic rings. The fourth-order valence-corrected chi connectivity index (χ4v) is 14.0. The number of halogens is 5. The van der Waals surface area contributed by atoms with Gasteiger partial charge >= 0.3 is 18.2 Å². The lowest BCUT2D eigenvalue weighted by atomic mass is 9.98. The van der Waals surface area contributed by atoms with Crippen LogP contribution in [0.1, 0.15) is 140 Å². The number of nitrogens with one attached hydrogen (secondary N) is 3. The lowest BCUT2D eigenvalue weighted by Gasteiger charge is -2.35. The molecular formula is C59H73Cl2F3N14O10S2. The molecule has 90 heavy (non-hydrogen) atoms. The van der Waals surface area contributed by atoms with Crippen LogP contribution in [0.25, 0.3) is 11.3 Å². The Kier molecular flexibility index (Phi) is 18.1. The van der Waals surface area contributed by atoms with Crippen LogP contribution in [0.5, 0.6) is 0 Å². The number of rotatable bonds is 11. The highest BCUT2D eigenvalue weighted by Crippen LogP contribution is 2.54. The van der Waals surface area contributed by atoms with Gasteiger partial charge in [0.05, 0.1) is 64.5 Å². The van der Waals surface area contributed by atoms with Gasteiger partial charge < -0.3 is 40.5 Å². The fourth-order valence-electron chi connectivity index (χ4n) is 12.5. The van der Waals surface area contributed by atoms with Crippen molar-refractivity contribution in [1.29, 1.82) is 0 Å². The van der Waals surface area contributed by atoms with E-state index in [2.05, 4.69) is 24.6 Å². The second kappa shape index (κ2) is 24.8. The molecule has 6 fully saturated rings. The third-order valence-electron chi connectivity index (χ3n) is 17.1. The lowest BCUT2D eigenvalue weighted by Crippen LogP contribution is -2.44. The zero-order chi connectivity index (χ0) is 65.2. The number of aryl methyl sites for hydroxylation is 2. The van der Waals surface area contributed by atoms with E-state index in [1.165, 1.54) is 37.1 Å². The number of piperidine rings is 2. The summed E-state index contributed by atoms with van der Waals surface area (Å²) < 4.78 is 93.6. The van der Waals surface area contributed by atoms with Gasteiger partial charge in [0.15, 0.2) is 11.3 Å². The Labute approximate surface area is 529 Å². The van der Waals surface area contributed by atoms with Crippen LogP contribution in [0.3, 0.4) is 0 Å². The average Bonchev–Trinajstić information content (AvgIpc) is 1.59. The number of anilines is 4.